The number of aryl methyl sites for hydroxylation is 1. The number of nitrogens with zero attached hydrogens (tertiary/aromatic N) is 1. The maximum Gasteiger partial charge on any atom is 0.338 e. The third kappa shape index (κ3) is 6.11. The molecule has 3 rings (SSSR count). The lowest BCUT2D eigenvalue weighted by atomic mass is 9.83. The van der Waals surface area contributed by atoms with Crippen molar-refractivity contribution in [1.29, 1.82) is 5.26 Å². The van der Waals surface area contributed by atoms with Gasteiger partial charge in [0.1, 0.15) is 5.54 Å². The number of sulfonamides is 1. The first kappa shape index (κ1) is 24.3. The molecule has 2 aromatic rings. The van der Waals surface area contributed by atoms with E-state index < -0.39 is 33.5 Å². The number of amides is 1. The summed E-state index contributed by atoms with van der Waals surface area (Å²) >= 11 is 0. The number of hydrogen-bond donors (Lipinski definition) is 2. The molecule has 8 nitrogen and oxygen atoms in total. The van der Waals surface area contributed by atoms with Crippen LogP contribution in [0.5, 0.6) is 0 Å². The third-order valence-corrected chi connectivity index (χ3v) is 7.04. The highest BCUT2D eigenvalue weighted by molar-refractivity contribution is 7.92. The molecule has 174 valence electrons. The number of nitriles is 1. The fourth-order valence-electron chi connectivity index (χ4n) is 3.65. The molecule has 0 radical (unpaired) electrons. The zero-order valence-corrected chi connectivity index (χ0v) is 19.4. The summed E-state index contributed by atoms with van der Waals surface area (Å²) in [5.41, 5.74) is 0.620. The Hall–Kier alpha value is -3.38. The molecule has 1 aliphatic rings. The Morgan fingerprint density at radius 2 is 1.64 bits per heavy atom. The Kier molecular flexibility index (Phi) is 7.39. The molecule has 2 N–H and O–H groups in total. The van der Waals surface area contributed by atoms with Gasteiger partial charge in [-0.15, -0.1) is 0 Å². The molecule has 0 bridgehead atoms. The Bertz CT molecular complexity index is 1150. The normalized spacial score (nSPS) is 16.2. The van der Waals surface area contributed by atoms with Gasteiger partial charge in [-0.3, -0.25) is 9.52 Å². The molecule has 1 aliphatic carbocycles. The number of hydrogen-bond acceptors (Lipinski definition) is 6. The molecule has 1 fully saturated rings. The minimum absolute atomic E-state index is 0.0151. The van der Waals surface area contributed by atoms with E-state index >= 15 is 0 Å². The van der Waals surface area contributed by atoms with E-state index in [-0.39, 0.29) is 10.5 Å². The topological polar surface area (TPSA) is 125 Å². The molecule has 33 heavy (non-hydrogen) atoms. The van der Waals surface area contributed by atoms with Gasteiger partial charge >= 0.3 is 5.97 Å². The molecule has 1 amide bonds. The number of esters is 1. The molecule has 0 spiro atoms. The van der Waals surface area contributed by atoms with E-state index in [2.05, 4.69) is 16.1 Å². The highest BCUT2D eigenvalue weighted by atomic mass is 32.2. The van der Waals surface area contributed by atoms with Crippen LogP contribution in [0.1, 0.15) is 54.9 Å². The fraction of sp³-hybridized carbons (Fsp3) is 0.375. The Labute approximate surface area is 194 Å². The van der Waals surface area contributed by atoms with Crippen molar-refractivity contribution < 1.29 is 22.7 Å². The number of ether oxygens (including phenoxy) is 1. The molecular weight excluding hydrogens is 442 g/mol. The van der Waals surface area contributed by atoms with Gasteiger partial charge < -0.3 is 10.1 Å². The number of benzene rings is 2. The number of carbonyl (C=O) groups excluding carboxylic acids is 2. The largest absolute Gasteiger partial charge is 0.449 e. The molecule has 1 atom stereocenters. The van der Waals surface area contributed by atoms with Crippen LogP contribution in [-0.4, -0.2) is 31.9 Å². The first-order valence-corrected chi connectivity index (χ1v) is 12.3. The van der Waals surface area contributed by atoms with Gasteiger partial charge in [-0.1, -0.05) is 37.0 Å². The average Bonchev–Trinajstić information content (AvgIpc) is 2.81. The van der Waals surface area contributed by atoms with Gasteiger partial charge in [-0.25, -0.2) is 13.2 Å². The standard InChI is InChI=1S/C24H27N3O5S/c1-17-6-10-20(11-7-17)27-33(30,31)21-12-8-19(9-13-21)23(29)32-18(2)22(28)26-24(16-25)14-4-3-5-15-24/h6-13,18,27H,3-5,14-15H2,1-2H3,(H,26,28). The molecular formula is C24H27N3O5S. The highest BCUT2D eigenvalue weighted by Gasteiger charge is 2.35. The van der Waals surface area contributed by atoms with Gasteiger partial charge in [0.15, 0.2) is 6.10 Å². The van der Waals surface area contributed by atoms with Crippen LogP contribution < -0.4 is 10.0 Å². The summed E-state index contributed by atoms with van der Waals surface area (Å²) in [6.45, 7) is 3.34. The Morgan fingerprint density at radius 3 is 2.21 bits per heavy atom. The summed E-state index contributed by atoms with van der Waals surface area (Å²) < 4.78 is 32.9. The van der Waals surface area contributed by atoms with Crippen LogP contribution in [0.15, 0.2) is 53.4 Å². The lowest BCUT2D eigenvalue weighted by molar-refractivity contribution is -0.130. The van der Waals surface area contributed by atoms with Crippen LogP contribution in [0.4, 0.5) is 5.69 Å². The summed E-state index contributed by atoms with van der Waals surface area (Å²) in [5, 5.41) is 12.2. The summed E-state index contributed by atoms with van der Waals surface area (Å²) in [6.07, 6.45) is 2.78. The van der Waals surface area contributed by atoms with Gasteiger partial charge in [0.2, 0.25) is 0 Å². The van der Waals surface area contributed by atoms with Gasteiger partial charge in [0, 0.05) is 5.69 Å². The zero-order valence-electron chi connectivity index (χ0n) is 18.6. The lowest BCUT2D eigenvalue weighted by Gasteiger charge is -2.32. The van der Waals surface area contributed by atoms with Gasteiger partial charge in [-0.2, -0.15) is 5.26 Å². The van der Waals surface area contributed by atoms with Crippen LogP contribution in [0.3, 0.4) is 0 Å². The molecule has 0 aliphatic heterocycles. The fourth-order valence-corrected chi connectivity index (χ4v) is 4.70. The second kappa shape index (κ2) is 10.0. The Balaban J connectivity index is 1.62. The molecule has 0 aromatic heterocycles. The van der Waals surface area contributed by atoms with E-state index in [1.54, 1.807) is 24.3 Å². The second-order valence-corrected chi connectivity index (χ2v) is 9.97. The Morgan fingerprint density at radius 1 is 1.03 bits per heavy atom. The van der Waals surface area contributed by atoms with Crippen LogP contribution >= 0.6 is 0 Å². The SMILES string of the molecule is Cc1ccc(NS(=O)(=O)c2ccc(C(=O)OC(C)C(=O)NC3(C#N)CCCCC3)cc2)cc1. The summed E-state index contributed by atoms with van der Waals surface area (Å²) in [7, 11) is -3.83. The van der Waals surface area contributed by atoms with Crippen molar-refractivity contribution in [3.8, 4) is 6.07 Å². The van der Waals surface area contributed by atoms with Crippen molar-refractivity contribution >= 4 is 27.6 Å². The maximum absolute atomic E-state index is 12.6. The number of carbonyl (C=O) groups is 2. The van der Waals surface area contributed by atoms with Crippen molar-refractivity contribution in [2.24, 2.45) is 0 Å². The van der Waals surface area contributed by atoms with Gasteiger partial charge in [0.05, 0.1) is 16.5 Å². The molecule has 9 heteroatoms. The predicted molar refractivity (Wildman–Crippen MR) is 123 cm³/mol. The lowest BCUT2D eigenvalue weighted by Crippen LogP contribution is -2.52. The van der Waals surface area contributed by atoms with Crippen molar-refractivity contribution in [2.75, 3.05) is 4.72 Å². The van der Waals surface area contributed by atoms with Crippen LogP contribution in [0, 0.1) is 18.3 Å². The summed E-state index contributed by atoms with van der Waals surface area (Å²) in [5.74, 6) is -1.30. The van der Waals surface area contributed by atoms with Crippen LogP contribution in [0.2, 0.25) is 0 Å². The molecule has 0 heterocycles. The van der Waals surface area contributed by atoms with E-state index in [0.29, 0.717) is 18.5 Å². The number of nitrogens with one attached hydrogen (secondary N) is 2. The van der Waals surface area contributed by atoms with E-state index in [0.717, 1.165) is 24.8 Å². The monoisotopic (exact) mass is 469 g/mol. The first-order chi connectivity index (χ1) is 15.6. The van der Waals surface area contributed by atoms with E-state index in [9.17, 15) is 23.3 Å². The van der Waals surface area contributed by atoms with Gasteiger partial charge in [-0.05, 0) is 63.1 Å². The predicted octanol–water partition coefficient (Wildman–Crippen LogP) is 3.68. The van der Waals surface area contributed by atoms with Crippen LogP contribution in [-0.2, 0) is 19.6 Å². The van der Waals surface area contributed by atoms with Crippen molar-refractivity contribution in [1.82, 2.24) is 5.32 Å². The molecule has 2 aromatic carbocycles. The summed E-state index contributed by atoms with van der Waals surface area (Å²) in [4.78, 5) is 24.9. The van der Waals surface area contributed by atoms with Gasteiger partial charge in [0.25, 0.3) is 15.9 Å². The number of rotatable bonds is 7. The van der Waals surface area contributed by atoms with E-state index in [4.69, 9.17) is 4.74 Å². The average molecular weight is 470 g/mol. The zero-order chi connectivity index (χ0) is 24.1. The quantitative estimate of drug-likeness (QED) is 0.596. The van der Waals surface area contributed by atoms with E-state index in [1.807, 2.05) is 6.92 Å². The van der Waals surface area contributed by atoms with E-state index in [1.165, 1.54) is 31.2 Å². The van der Waals surface area contributed by atoms with Crippen LogP contribution in [0.25, 0.3) is 0 Å². The molecule has 0 saturated heterocycles. The minimum atomic E-state index is -3.83. The van der Waals surface area contributed by atoms with Crippen molar-refractivity contribution in [2.45, 2.75) is 62.5 Å². The second-order valence-electron chi connectivity index (χ2n) is 8.29. The minimum Gasteiger partial charge on any atom is -0.449 e. The van der Waals surface area contributed by atoms with Crippen molar-refractivity contribution in [3.63, 3.8) is 0 Å². The maximum atomic E-state index is 12.6. The number of anilines is 1. The molecule has 1 unspecified atom stereocenters. The third-order valence-electron chi connectivity index (χ3n) is 5.64. The smallest absolute Gasteiger partial charge is 0.338 e. The highest BCUT2D eigenvalue weighted by Crippen LogP contribution is 2.27. The van der Waals surface area contributed by atoms with Crippen molar-refractivity contribution in [3.05, 3.63) is 59.7 Å². The first-order valence-electron chi connectivity index (χ1n) is 10.8. The molecule has 1 saturated carbocycles. The summed E-state index contributed by atoms with van der Waals surface area (Å²) in [6, 6.07) is 14.3.